The van der Waals surface area contributed by atoms with Gasteiger partial charge in [-0.3, -0.25) is 4.79 Å². The van der Waals surface area contributed by atoms with Crippen molar-refractivity contribution in [2.45, 2.75) is 20.3 Å². The number of amides is 1. The van der Waals surface area contributed by atoms with Crippen LogP contribution in [0.25, 0.3) is 0 Å². The van der Waals surface area contributed by atoms with Gasteiger partial charge in [0.25, 0.3) is 0 Å². The first kappa shape index (κ1) is 14.1. The van der Waals surface area contributed by atoms with E-state index in [1.54, 1.807) is 0 Å². The van der Waals surface area contributed by atoms with Crippen molar-refractivity contribution >= 4 is 34.2 Å². The molecule has 19 heavy (non-hydrogen) atoms. The maximum absolute atomic E-state index is 12.0. The van der Waals surface area contributed by atoms with Gasteiger partial charge in [0.15, 0.2) is 0 Å². The van der Waals surface area contributed by atoms with E-state index in [2.05, 4.69) is 53.9 Å². The molecule has 0 saturated heterocycles. The normalized spacial score (nSPS) is 10.3. The second-order valence-corrected chi connectivity index (χ2v) is 5.90. The Bertz CT molecular complexity index is 590. The number of carbonyl (C=O) groups is 1. The van der Waals surface area contributed by atoms with Crippen LogP contribution < -0.4 is 5.32 Å². The molecule has 1 N–H and O–H groups in total. The fourth-order valence-electron chi connectivity index (χ4n) is 1.84. The highest BCUT2D eigenvalue weighted by Crippen LogP contribution is 2.13. The third-order valence-electron chi connectivity index (χ3n) is 3.06. The van der Waals surface area contributed by atoms with Crippen molar-refractivity contribution in [3.63, 3.8) is 0 Å². The number of anilines is 1. The first-order valence-corrected chi connectivity index (χ1v) is 7.24. The zero-order chi connectivity index (χ0) is 13.8. The highest BCUT2D eigenvalue weighted by Gasteiger charge is 2.05. The molecular weight excluding hydrogens is 349 g/mol. The van der Waals surface area contributed by atoms with Gasteiger partial charge >= 0.3 is 0 Å². The molecule has 0 heterocycles. The predicted molar refractivity (Wildman–Crippen MR) is 87.4 cm³/mol. The summed E-state index contributed by atoms with van der Waals surface area (Å²) in [5, 5.41) is 2.91. The van der Waals surface area contributed by atoms with Crippen molar-refractivity contribution in [3.8, 4) is 0 Å². The third-order valence-corrected chi connectivity index (χ3v) is 3.78. The van der Waals surface area contributed by atoms with E-state index in [1.807, 2.05) is 30.3 Å². The summed E-state index contributed by atoms with van der Waals surface area (Å²) in [5.74, 6) is 0.0180. The van der Waals surface area contributed by atoms with E-state index >= 15 is 0 Å². The molecule has 0 bridgehead atoms. The number of carbonyl (C=O) groups excluding carboxylic acids is 1. The topological polar surface area (TPSA) is 29.1 Å². The number of nitrogens with one attached hydrogen (secondary N) is 1. The Labute approximate surface area is 127 Å². The molecule has 98 valence electrons. The van der Waals surface area contributed by atoms with Crippen molar-refractivity contribution in [1.82, 2.24) is 0 Å². The lowest BCUT2D eigenvalue weighted by atomic mass is 10.0. The fourth-order valence-corrected chi connectivity index (χ4v) is 2.20. The monoisotopic (exact) mass is 365 g/mol. The van der Waals surface area contributed by atoms with Gasteiger partial charge < -0.3 is 5.32 Å². The number of rotatable bonds is 3. The molecule has 2 aromatic rings. The average molecular weight is 365 g/mol. The summed E-state index contributed by atoms with van der Waals surface area (Å²) in [6.07, 6.45) is 0.410. The largest absolute Gasteiger partial charge is 0.326 e. The van der Waals surface area contributed by atoms with Gasteiger partial charge in [-0.05, 0) is 77.4 Å². The Hall–Kier alpha value is -1.36. The summed E-state index contributed by atoms with van der Waals surface area (Å²) in [5.41, 5.74) is 4.36. The van der Waals surface area contributed by atoms with Crippen molar-refractivity contribution in [2.24, 2.45) is 0 Å². The summed E-state index contributed by atoms with van der Waals surface area (Å²) in [4.78, 5) is 12.0. The Morgan fingerprint density at radius 1 is 1.05 bits per heavy atom. The molecule has 0 spiro atoms. The van der Waals surface area contributed by atoms with E-state index in [0.29, 0.717) is 6.42 Å². The molecule has 2 nitrogen and oxygen atoms in total. The predicted octanol–water partition coefficient (Wildman–Crippen LogP) is 4.09. The molecule has 0 aromatic heterocycles. The van der Waals surface area contributed by atoms with Gasteiger partial charge in [0.1, 0.15) is 0 Å². The third kappa shape index (κ3) is 4.06. The Balaban J connectivity index is 2.01. The molecule has 0 aliphatic carbocycles. The minimum Gasteiger partial charge on any atom is -0.326 e. The molecule has 0 fully saturated rings. The standard InChI is InChI=1S/C16H16INO/c1-11-3-4-13(9-12(11)2)10-16(19)18-15-7-5-14(17)6-8-15/h3-9H,10H2,1-2H3,(H,18,19). The second kappa shape index (κ2) is 6.19. The van der Waals surface area contributed by atoms with E-state index in [1.165, 1.54) is 11.1 Å². The zero-order valence-electron chi connectivity index (χ0n) is 11.0. The molecule has 0 radical (unpaired) electrons. The SMILES string of the molecule is Cc1ccc(CC(=O)Nc2ccc(I)cc2)cc1C. The molecule has 0 saturated carbocycles. The molecule has 0 atom stereocenters. The smallest absolute Gasteiger partial charge is 0.228 e. The minimum atomic E-state index is 0.0180. The van der Waals surface area contributed by atoms with Gasteiger partial charge in [-0.2, -0.15) is 0 Å². The van der Waals surface area contributed by atoms with Gasteiger partial charge in [-0.15, -0.1) is 0 Å². The molecule has 3 heteroatoms. The summed E-state index contributed by atoms with van der Waals surface area (Å²) < 4.78 is 1.16. The van der Waals surface area contributed by atoms with Gasteiger partial charge in [0.2, 0.25) is 5.91 Å². The van der Waals surface area contributed by atoms with E-state index in [-0.39, 0.29) is 5.91 Å². The van der Waals surface area contributed by atoms with Crippen molar-refractivity contribution in [3.05, 3.63) is 62.7 Å². The summed E-state index contributed by atoms with van der Waals surface area (Å²) in [7, 11) is 0. The minimum absolute atomic E-state index is 0.0180. The van der Waals surface area contributed by atoms with Crippen molar-refractivity contribution in [2.75, 3.05) is 5.32 Å². The molecule has 2 aromatic carbocycles. The summed E-state index contributed by atoms with van der Waals surface area (Å²) in [6, 6.07) is 13.9. The lowest BCUT2D eigenvalue weighted by Crippen LogP contribution is -2.14. The second-order valence-electron chi connectivity index (χ2n) is 4.65. The number of hydrogen-bond donors (Lipinski definition) is 1. The average Bonchev–Trinajstić information content (AvgIpc) is 2.37. The van der Waals surface area contributed by atoms with Crippen LogP contribution in [0, 0.1) is 17.4 Å². The Kier molecular flexibility index (Phi) is 4.58. The van der Waals surface area contributed by atoms with Gasteiger partial charge in [0, 0.05) is 9.26 Å². The van der Waals surface area contributed by atoms with Crippen LogP contribution in [0.5, 0.6) is 0 Å². The first-order chi connectivity index (χ1) is 9.04. The van der Waals surface area contributed by atoms with Crippen molar-refractivity contribution < 1.29 is 4.79 Å². The highest BCUT2D eigenvalue weighted by atomic mass is 127. The lowest BCUT2D eigenvalue weighted by Gasteiger charge is -2.07. The summed E-state index contributed by atoms with van der Waals surface area (Å²) >= 11 is 2.24. The Morgan fingerprint density at radius 3 is 2.37 bits per heavy atom. The molecular formula is C16H16INO. The number of aryl methyl sites for hydroxylation is 2. The van der Waals surface area contributed by atoms with E-state index < -0.39 is 0 Å². The van der Waals surface area contributed by atoms with Crippen LogP contribution in [0.4, 0.5) is 5.69 Å². The molecule has 0 unspecified atom stereocenters. The maximum Gasteiger partial charge on any atom is 0.228 e. The molecule has 1 amide bonds. The van der Waals surface area contributed by atoms with Gasteiger partial charge in [-0.25, -0.2) is 0 Å². The van der Waals surface area contributed by atoms with Crippen LogP contribution in [0.15, 0.2) is 42.5 Å². The Morgan fingerprint density at radius 2 is 1.74 bits per heavy atom. The number of halogens is 1. The van der Waals surface area contributed by atoms with Crippen LogP contribution in [0.2, 0.25) is 0 Å². The first-order valence-electron chi connectivity index (χ1n) is 6.16. The summed E-state index contributed by atoms with van der Waals surface area (Å²) in [6.45, 7) is 4.14. The number of hydrogen-bond acceptors (Lipinski definition) is 1. The molecule has 0 aliphatic rings. The molecule has 2 rings (SSSR count). The number of benzene rings is 2. The molecule has 0 aliphatic heterocycles. The zero-order valence-corrected chi connectivity index (χ0v) is 13.2. The van der Waals surface area contributed by atoms with Gasteiger partial charge in [-0.1, -0.05) is 18.2 Å². The van der Waals surface area contributed by atoms with Crippen LogP contribution in [-0.4, -0.2) is 5.91 Å². The van der Waals surface area contributed by atoms with Gasteiger partial charge in [0.05, 0.1) is 6.42 Å². The van der Waals surface area contributed by atoms with E-state index in [0.717, 1.165) is 14.8 Å². The van der Waals surface area contributed by atoms with Crippen LogP contribution in [0.3, 0.4) is 0 Å². The highest BCUT2D eigenvalue weighted by molar-refractivity contribution is 14.1. The maximum atomic E-state index is 12.0. The fraction of sp³-hybridized carbons (Fsp3) is 0.188. The van der Waals surface area contributed by atoms with Crippen LogP contribution in [0.1, 0.15) is 16.7 Å². The lowest BCUT2D eigenvalue weighted by molar-refractivity contribution is -0.115. The van der Waals surface area contributed by atoms with Crippen LogP contribution in [-0.2, 0) is 11.2 Å². The van der Waals surface area contributed by atoms with Crippen LogP contribution >= 0.6 is 22.6 Å². The quantitative estimate of drug-likeness (QED) is 0.816. The van der Waals surface area contributed by atoms with Crippen molar-refractivity contribution in [1.29, 1.82) is 0 Å². The van der Waals surface area contributed by atoms with E-state index in [9.17, 15) is 4.79 Å². The van der Waals surface area contributed by atoms with E-state index in [4.69, 9.17) is 0 Å².